The summed E-state index contributed by atoms with van der Waals surface area (Å²) in [5.41, 5.74) is 1.25. The molecule has 0 saturated carbocycles. The predicted molar refractivity (Wildman–Crippen MR) is 63.1 cm³/mol. The Bertz CT molecular complexity index is 288. The molecule has 1 aromatic rings. The average molecular weight is 205 g/mol. The molecule has 3 nitrogen and oxygen atoms in total. The van der Waals surface area contributed by atoms with E-state index < -0.39 is 0 Å². The van der Waals surface area contributed by atoms with E-state index in [2.05, 4.69) is 27.3 Å². The zero-order valence-corrected chi connectivity index (χ0v) is 9.37. The third kappa shape index (κ3) is 2.69. The van der Waals surface area contributed by atoms with Gasteiger partial charge in [0, 0.05) is 25.8 Å². The van der Waals surface area contributed by atoms with Crippen LogP contribution in [0.4, 0.5) is 5.82 Å². The van der Waals surface area contributed by atoms with E-state index in [1.54, 1.807) is 0 Å². The molecule has 0 aromatic carbocycles. The SMILES string of the molecule is CNCc1ccc(N2CCCCC2)nc1. The summed E-state index contributed by atoms with van der Waals surface area (Å²) < 4.78 is 0. The first kappa shape index (κ1) is 10.4. The van der Waals surface area contributed by atoms with Crippen molar-refractivity contribution in [2.75, 3.05) is 25.0 Å². The molecular weight excluding hydrogens is 186 g/mol. The Labute approximate surface area is 91.5 Å². The Balaban J connectivity index is 2.02. The van der Waals surface area contributed by atoms with Crippen molar-refractivity contribution in [2.45, 2.75) is 25.8 Å². The van der Waals surface area contributed by atoms with Crippen molar-refractivity contribution in [1.82, 2.24) is 10.3 Å². The molecule has 0 atom stereocenters. The second kappa shape index (κ2) is 5.12. The lowest BCUT2D eigenvalue weighted by Crippen LogP contribution is -2.30. The van der Waals surface area contributed by atoms with Crippen LogP contribution < -0.4 is 10.2 Å². The van der Waals surface area contributed by atoms with Crippen LogP contribution in [0.1, 0.15) is 24.8 Å². The third-order valence-corrected chi connectivity index (χ3v) is 2.87. The first-order chi connectivity index (χ1) is 7.40. The molecule has 2 rings (SSSR count). The van der Waals surface area contributed by atoms with Crippen molar-refractivity contribution in [3.8, 4) is 0 Å². The molecule has 0 aliphatic carbocycles. The first-order valence-electron chi connectivity index (χ1n) is 5.74. The molecule has 1 fully saturated rings. The summed E-state index contributed by atoms with van der Waals surface area (Å²) in [6.45, 7) is 3.23. The second-order valence-corrected chi connectivity index (χ2v) is 4.10. The molecule has 1 N–H and O–H groups in total. The highest BCUT2D eigenvalue weighted by Crippen LogP contribution is 2.17. The number of piperidine rings is 1. The standard InChI is InChI=1S/C12H19N3/c1-13-9-11-5-6-12(14-10-11)15-7-3-2-4-8-15/h5-6,10,13H,2-4,7-9H2,1H3. The molecular formula is C12H19N3. The zero-order valence-electron chi connectivity index (χ0n) is 9.37. The number of aromatic nitrogens is 1. The highest BCUT2D eigenvalue weighted by Gasteiger charge is 2.11. The van der Waals surface area contributed by atoms with Crippen LogP contribution >= 0.6 is 0 Å². The zero-order chi connectivity index (χ0) is 10.5. The van der Waals surface area contributed by atoms with Crippen LogP contribution in [0.3, 0.4) is 0 Å². The molecule has 1 aliphatic heterocycles. The lowest BCUT2D eigenvalue weighted by atomic mass is 10.1. The van der Waals surface area contributed by atoms with E-state index in [9.17, 15) is 0 Å². The van der Waals surface area contributed by atoms with Gasteiger partial charge in [-0.15, -0.1) is 0 Å². The highest BCUT2D eigenvalue weighted by molar-refractivity contribution is 5.39. The Morgan fingerprint density at radius 1 is 1.27 bits per heavy atom. The van der Waals surface area contributed by atoms with Gasteiger partial charge in [0.15, 0.2) is 0 Å². The van der Waals surface area contributed by atoms with Crippen LogP contribution in [0, 0.1) is 0 Å². The fraction of sp³-hybridized carbons (Fsp3) is 0.583. The Morgan fingerprint density at radius 2 is 2.07 bits per heavy atom. The molecule has 3 heteroatoms. The van der Waals surface area contributed by atoms with Crippen molar-refractivity contribution >= 4 is 5.82 Å². The molecule has 0 unspecified atom stereocenters. The molecule has 0 radical (unpaired) electrons. The van der Waals surface area contributed by atoms with Crippen molar-refractivity contribution in [2.24, 2.45) is 0 Å². The van der Waals surface area contributed by atoms with Crippen LogP contribution in [0.2, 0.25) is 0 Å². The quantitative estimate of drug-likeness (QED) is 0.815. The minimum Gasteiger partial charge on any atom is -0.357 e. The van der Waals surface area contributed by atoms with Gasteiger partial charge in [0.1, 0.15) is 5.82 Å². The molecule has 2 heterocycles. The lowest BCUT2D eigenvalue weighted by Gasteiger charge is -2.27. The summed E-state index contributed by atoms with van der Waals surface area (Å²) >= 11 is 0. The molecule has 1 aliphatic rings. The summed E-state index contributed by atoms with van der Waals surface area (Å²) in [6, 6.07) is 4.30. The van der Waals surface area contributed by atoms with E-state index in [-0.39, 0.29) is 0 Å². The monoisotopic (exact) mass is 205 g/mol. The van der Waals surface area contributed by atoms with Gasteiger partial charge in [0.2, 0.25) is 0 Å². The maximum atomic E-state index is 4.51. The summed E-state index contributed by atoms with van der Waals surface area (Å²) in [6.07, 6.45) is 5.95. The van der Waals surface area contributed by atoms with E-state index in [1.165, 1.54) is 37.9 Å². The van der Waals surface area contributed by atoms with Crippen molar-refractivity contribution in [3.05, 3.63) is 23.9 Å². The highest BCUT2D eigenvalue weighted by atomic mass is 15.2. The van der Waals surface area contributed by atoms with Crippen LogP contribution in [0.25, 0.3) is 0 Å². The molecule has 0 spiro atoms. The number of hydrogen-bond acceptors (Lipinski definition) is 3. The van der Waals surface area contributed by atoms with Crippen molar-refractivity contribution in [3.63, 3.8) is 0 Å². The molecule has 82 valence electrons. The fourth-order valence-electron chi connectivity index (χ4n) is 2.04. The van der Waals surface area contributed by atoms with Gasteiger partial charge in [0.25, 0.3) is 0 Å². The molecule has 15 heavy (non-hydrogen) atoms. The van der Waals surface area contributed by atoms with Crippen molar-refractivity contribution in [1.29, 1.82) is 0 Å². The van der Waals surface area contributed by atoms with E-state index in [1.807, 2.05) is 13.2 Å². The molecule has 0 amide bonds. The Hall–Kier alpha value is -1.09. The number of pyridine rings is 1. The normalized spacial score (nSPS) is 16.7. The lowest BCUT2D eigenvalue weighted by molar-refractivity contribution is 0.573. The van der Waals surface area contributed by atoms with Crippen LogP contribution in [0.5, 0.6) is 0 Å². The maximum absolute atomic E-state index is 4.51. The maximum Gasteiger partial charge on any atom is 0.128 e. The Kier molecular flexibility index (Phi) is 3.56. The summed E-state index contributed by atoms with van der Waals surface area (Å²) in [5.74, 6) is 1.13. The van der Waals surface area contributed by atoms with Gasteiger partial charge < -0.3 is 10.2 Å². The number of nitrogens with zero attached hydrogens (tertiary/aromatic N) is 2. The largest absolute Gasteiger partial charge is 0.357 e. The number of anilines is 1. The topological polar surface area (TPSA) is 28.2 Å². The molecule has 1 saturated heterocycles. The van der Waals surface area contributed by atoms with E-state index in [0.29, 0.717) is 0 Å². The Morgan fingerprint density at radius 3 is 2.67 bits per heavy atom. The van der Waals surface area contributed by atoms with Crippen LogP contribution in [-0.4, -0.2) is 25.1 Å². The molecule has 0 bridgehead atoms. The summed E-state index contributed by atoms with van der Waals surface area (Å²) in [5, 5.41) is 3.13. The van der Waals surface area contributed by atoms with Gasteiger partial charge in [-0.05, 0) is 37.9 Å². The molecule has 1 aromatic heterocycles. The number of hydrogen-bond donors (Lipinski definition) is 1. The minimum atomic E-state index is 0.896. The summed E-state index contributed by atoms with van der Waals surface area (Å²) in [4.78, 5) is 6.89. The van der Waals surface area contributed by atoms with Gasteiger partial charge >= 0.3 is 0 Å². The summed E-state index contributed by atoms with van der Waals surface area (Å²) in [7, 11) is 1.96. The average Bonchev–Trinajstić information content (AvgIpc) is 2.32. The van der Waals surface area contributed by atoms with Gasteiger partial charge in [-0.2, -0.15) is 0 Å². The van der Waals surface area contributed by atoms with E-state index in [0.717, 1.165) is 12.4 Å². The van der Waals surface area contributed by atoms with Gasteiger partial charge in [-0.1, -0.05) is 6.07 Å². The second-order valence-electron chi connectivity index (χ2n) is 4.10. The van der Waals surface area contributed by atoms with Gasteiger partial charge in [-0.3, -0.25) is 0 Å². The van der Waals surface area contributed by atoms with Crippen molar-refractivity contribution < 1.29 is 0 Å². The third-order valence-electron chi connectivity index (χ3n) is 2.87. The number of nitrogens with one attached hydrogen (secondary N) is 1. The first-order valence-corrected chi connectivity index (χ1v) is 5.74. The smallest absolute Gasteiger partial charge is 0.128 e. The number of rotatable bonds is 3. The van der Waals surface area contributed by atoms with E-state index in [4.69, 9.17) is 0 Å². The van der Waals surface area contributed by atoms with Crippen LogP contribution in [0.15, 0.2) is 18.3 Å². The van der Waals surface area contributed by atoms with Gasteiger partial charge in [0.05, 0.1) is 0 Å². The van der Waals surface area contributed by atoms with E-state index >= 15 is 0 Å². The predicted octanol–water partition coefficient (Wildman–Crippen LogP) is 1.79. The van der Waals surface area contributed by atoms with Crippen LogP contribution in [-0.2, 0) is 6.54 Å². The van der Waals surface area contributed by atoms with Gasteiger partial charge in [-0.25, -0.2) is 4.98 Å². The fourth-order valence-corrected chi connectivity index (χ4v) is 2.04. The minimum absolute atomic E-state index is 0.896.